The quantitative estimate of drug-likeness (QED) is 0.138. The third kappa shape index (κ3) is 4.01. The van der Waals surface area contributed by atoms with Crippen LogP contribution in [0.15, 0.2) is 91.3 Å². The third-order valence-electron chi connectivity index (χ3n) is 5.73. The molecule has 0 saturated carbocycles. The Bertz CT molecular complexity index is 1680. The summed E-state index contributed by atoms with van der Waals surface area (Å²) < 4.78 is 0. The summed E-state index contributed by atoms with van der Waals surface area (Å²) in [6.45, 7) is 0. The second kappa shape index (κ2) is 9.44. The first-order chi connectivity index (χ1) is 16.3. The van der Waals surface area contributed by atoms with Crippen molar-refractivity contribution in [3.63, 3.8) is 0 Å². The Balaban J connectivity index is 0.000000140. The molecule has 0 aliphatic heterocycles. The number of halogens is 1. The molecule has 3 aromatic heterocycles. The van der Waals surface area contributed by atoms with Crippen molar-refractivity contribution in [2.24, 2.45) is 0 Å². The van der Waals surface area contributed by atoms with Gasteiger partial charge >= 0.3 is 0 Å². The van der Waals surface area contributed by atoms with Crippen molar-refractivity contribution in [2.45, 2.75) is 0 Å². The number of benzene rings is 3. The summed E-state index contributed by atoms with van der Waals surface area (Å²) in [4.78, 5) is 13.4. The van der Waals surface area contributed by atoms with E-state index in [2.05, 4.69) is 52.5 Å². The minimum absolute atomic E-state index is 0. The minimum atomic E-state index is 0. The fourth-order valence-corrected chi connectivity index (χ4v) is 4.49. The number of aromatic nitrogens is 3. The smallest absolute Gasteiger partial charge is 0.0979 e. The van der Waals surface area contributed by atoms with Gasteiger partial charge in [0.15, 0.2) is 0 Å². The van der Waals surface area contributed by atoms with Crippen LogP contribution in [0.3, 0.4) is 0 Å². The third-order valence-corrected chi connectivity index (χ3v) is 6.05. The van der Waals surface area contributed by atoms with Gasteiger partial charge in [-0.1, -0.05) is 48.0 Å². The van der Waals surface area contributed by atoms with E-state index in [4.69, 9.17) is 16.6 Å². The normalized spacial score (nSPS) is 11.3. The molecule has 1 radical (unpaired) electrons. The Labute approximate surface area is 215 Å². The summed E-state index contributed by atoms with van der Waals surface area (Å²) in [6, 6.07) is 29.2. The van der Waals surface area contributed by atoms with Gasteiger partial charge in [0, 0.05) is 48.7 Å². The predicted molar refractivity (Wildman–Crippen MR) is 137 cm³/mol. The summed E-state index contributed by atoms with van der Waals surface area (Å²) in [6.07, 6.45) is 7.83. The first kappa shape index (κ1) is 22.4. The van der Waals surface area contributed by atoms with Gasteiger partial charge in [-0.25, -0.2) is 0 Å². The maximum atomic E-state index is 6.17. The fraction of sp³-hybridized carbons (Fsp3) is 0. The van der Waals surface area contributed by atoms with Crippen LogP contribution in [0.5, 0.6) is 0 Å². The molecule has 0 atom stereocenters. The number of hydrogen-bond donors (Lipinski definition) is 0. The Morgan fingerprint density at radius 1 is 0.735 bits per heavy atom. The van der Waals surface area contributed by atoms with E-state index in [1.165, 1.54) is 16.5 Å². The van der Waals surface area contributed by atoms with Gasteiger partial charge in [-0.2, -0.15) is 0 Å². The van der Waals surface area contributed by atoms with E-state index in [1.54, 1.807) is 12.4 Å². The van der Waals surface area contributed by atoms with Crippen molar-refractivity contribution in [3.8, 4) is 11.3 Å². The second-order valence-corrected chi connectivity index (χ2v) is 8.19. The van der Waals surface area contributed by atoms with Crippen molar-refractivity contribution in [2.75, 3.05) is 0 Å². The largest absolute Gasteiger partial charge is 0.296 e. The summed E-state index contributed by atoms with van der Waals surface area (Å²) in [5, 5.41) is 3.95. The average molecular weight is 635 g/mol. The molecule has 3 heterocycles. The number of hydrogen-bond acceptors (Lipinski definition) is 3. The van der Waals surface area contributed by atoms with Gasteiger partial charge in [0.1, 0.15) is 0 Å². The number of nitrogens with zero attached hydrogens (tertiary/aromatic N) is 3. The summed E-state index contributed by atoms with van der Waals surface area (Å²) >= 11 is 6.17. The van der Waals surface area contributed by atoms with E-state index in [0.29, 0.717) is 0 Å². The van der Waals surface area contributed by atoms with Gasteiger partial charge in [0.25, 0.3) is 0 Å². The first-order valence-corrected chi connectivity index (χ1v) is 11.0. The SMILES string of the molecule is Clc1cc2cccnc2c2ncccc12.[Ir].[c-]1ccccc1-c1cc2c3c(cccc3n1)C=C2. The molecule has 0 unspecified atom stereocenters. The second-order valence-electron chi connectivity index (χ2n) is 7.78. The minimum Gasteiger partial charge on any atom is -0.296 e. The van der Waals surface area contributed by atoms with Crippen molar-refractivity contribution in [3.05, 3.63) is 113 Å². The maximum absolute atomic E-state index is 6.17. The summed E-state index contributed by atoms with van der Waals surface area (Å²) in [7, 11) is 0. The monoisotopic (exact) mass is 635 g/mol. The number of pyridine rings is 3. The van der Waals surface area contributed by atoms with Crippen LogP contribution in [0.4, 0.5) is 0 Å². The van der Waals surface area contributed by atoms with Crippen molar-refractivity contribution >= 4 is 56.5 Å². The molecule has 165 valence electrons. The standard InChI is InChI=1S/C17H10N.C12H7ClN2.Ir/c1-2-5-12(6-3-1)16-11-14-10-9-13-7-4-8-15(18-16)17(13)14;13-10-7-8-3-1-5-14-11(8)12-9(10)4-2-6-15-12;/h1-5,7-11H;1-7H;/q-1;;. The molecule has 0 bridgehead atoms. The summed E-state index contributed by atoms with van der Waals surface area (Å²) in [5.41, 5.74) is 7.37. The molecule has 5 heteroatoms. The molecule has 3 aromatic carbocycles. The van der Waals surface area contributed by atoms with Gasteiger partial charge in [-0.15, -0.1) is 35.9 Å². The Kier molecular flexibility index (Phi) is 6.21. The van der Waals surface area contributed by atoms with Gasteiger partial charge in [0.2, 0.25) is 0 Å². The Morgan fingerprint density at radius 3 is 2.41 bits per heavy atom. The van der Waals surface area contributed by atoms with Gasteiger partial charge in [-0.05, 0) is 47.2 Å². The van der Waals surface area contributed by atoms with Crippen LogP contribution < -0.4 is 0 Å². The van der Waals surface area contributed by atoms with Crippen LogP contribution >= 0.6 is 11.6 Å². The molecule has 1 aliphatic carbocycles. The number of fused-ring (bicyclic) bond motifs is 3. The van der Waals surface area contributed by atoms with Gasteiger partial charge in [-0.3, -0.25) is 15.0 Å². The number of rotatable bonds is 1. The predicted octanol–water partition coefficient (Wildman–Crippen LogP) is 7.62. The molecule has 7 rings (SSSR count). The molecule has 0 spiro atoms. The van der Waals surface area contributed by atoms with E-state index in [-0.39, 0.29) is 20.1 Å². The Hall–Kier alpha value is -3.43. The van der Waals surface area contributed by atoms with Crippen LogP contribution in [0.1, 0.15) is 11.1 Å². The van der Waals surface area contributed by atoms with Crippen molar-refractivity contribution in [1.29, 1.82) is 0 Å². The van der Waals surface area contributed by atoms with Crippen LogP contribution in [0.2, 0.25) is 5.02 Å². The van der Waals surface area contributed by atoms with Crippen molar-refractivity contribution in [1.82, 2.24) is 15.0 Å². The maximum Gasteiger partial charge on any atom is 0.0979 e. The first-order valence-electron chi connectivity index (χ1n) is 10.6. The van der Waals surface area contributed by atoms with Crippen LogP contribution in [-0.2, 0) is 20.1 Å². The van der Waals surface area contributed by atoms with E-state index in [0.717, 1.165) is 43.6 Å². The van der Waals surface area contributed by atoms with Crippen LogP contribution in [-0.4, -0.2) is 15.0 Å². The van der Waals surface area contributed by atoms with E-state index >= 15 is 0 Å². The van der Waals surface area contributed by atoms with Gasteiger partial charge in [0.05, 0.1) is 21.6 Å². The molecular formula is C29H17ClIrN3-. The molecular weight excluding hydrogens is 618 g/mol. The van der Waals surface area contributed by atoms with E-state index in [1.807, 2.05) is 54.6 Å². The van der Waals surface area contributed by atoms with E-state index in [9.17, 15) is 0 Å². The van der Waals surface area contributed by atoms with Crippen molar-refractivity contribution < 1.29 is 20.1 Å². The molecule has 0 N–H and O–H groups in total. The Morgan fingerprint density at radius 2 is 1.56 bits per heavy atom. The molecule has 0 fully saturated rings. The molecule has 0 saturated heterocycles. The zero-order valence-electron chi connectivity index (χ0n) is 17.9. The molecule has 34 heavy (non-hydrogen) atoms. The molecule has 3 nitrogen and oxygen atoms in total. The zero-order chi connectivity index (χ0) is 22.2. The molecule has 0 amide bonds. The molecule has 6 aromatic rings. The van der Waals surface area contributed by atoms with E-state index < -0.39 is 0 Å². The zero-order valence-corrected chi connectivity index (χ0v) is 21.0. The van der Waals surface area contributed by atoms with Gasteiger partial charge < -0.3 is 0 Å². The fourth-order valence-electron chi connectivity index (χ4n) is 4.22. The topological polar surface area (TPSA) is 38.7 Å². The van der Waals surface area contributed by atoms with Crippen LogP contribution in [0.25, 0.3) is 56.1 Å². The summed E-state index contributed by atoms with van der Waals surface area (Å²) in [5.74, 6) is 0. The van der Waals surface area contributed by atoms with Crippen LogP contribution in [0, 0.1) is 6.07 Å². The molecule has 1 aliphatic rings. The average Bonchev–Trinajstić information content (AvgIpc) is 3.30.